The molecule has 4 rings (SSSR count). The first-order valence-corrected chi connectivity index (χ1v) is 11.3. The summed E-state index contributed by atoms with van der Waals surface area (Å²) in [5.41, 5.74) is 2.88. The lowest BCUT2D eigenvalue weighted by atomic mass is 9.81. The van der Waals surface area contributed by atoms with Crippen molar-refractivity contribution in [1.29, 1.82) is 0 Å². The molecule has 0 saturated heterocycles. The Balaban J connectivity index is 1.91. The van der Waals surface area contributed by atoms with E-state index in [1.54, 1.807) is 11.8 Å². The van der Waals surface area contributed by atoms with E-state index in [9.17, 15) is 5.11 Å². The maximum absolute atomic E-state index is 10.4. The van der Waals surface area contributed by atoms with Gasteiger partial charge in [-0.15, -0.1) is 0 Å². The highest BCUT2D eigenvalue weighted by Crippen LogP contribution is 2.56. The largest absolute Gasteiger partial charge is 0.388 e. The second kappa shape index (κ2) is 7.66. The van der Waals surface area contributed by atoms with Crippen LogP contribution in [-0.4, -0.2) is 21.3 Å². The van der Waals surface area contributed by atoms with Gasteiger partial charge in [0.25, 0.3) is 0 Å². The van der Waals surface area contributed by atoms with Gasteiger partial charge in [-0.25, -0.2) is 4.99 Å². The van der Waals surface area contributed by atoms with Crippen molar-refractivity contribution in [2.45, 2.75) is 45.4 Å². The number of hydrogen-bond donors (Lipinski definition) is 1. The predicted octanol–water partition coefficient (Wildman–Crippen LogP) is 6.62. The van der Waals surface area contributed by atoms with Gasteiger partial charge in [-0.3, -0.25) is 0 Å². The van der Waals surface area contributed by atoms with E-state index in [0.29, 0.717) is 10.0 Å². The van der Waals surface area contributed by atoms with Crippen LogP contribution >= 0.6 is 35.0 Å². The summed E-state index contributed by atoms with van der Waals surface area (Å²) in [4.78, 5) is 8.50. The van der Waals surface area contributed by atoms with Gasteiger partial charge >= 0.3 is 0 Å². The molecule has 29 heavy (non-hydrogen) atoms. The molecule has 0 spiro atoms. The average molecular weight is 447 g/mol. The SMILES string of the molecule is CC(C)C1=C(C(C)O)SC2=NC(C)(c3ccc(Cl)cc3)C(c3ccc(Cl)cc3)N21. The third kappa shape index (κ3) is 3.50. The first-order chi connectivity index (χ1) is 13.7. The van der Waals surface area contributed by atoms with Crippen molar-refractivity contribution in [3.8, 4) is 0 Å². The highest BCUT2D eigenvalue weighted by Gasteiger charge is 2.52. The third-order valence-electron chi connectivity index (χ3n) is 5.58. The van der Waals surface area contributed by atoms with Gasteiger partial charge in [-0.2, -0.15) is 0 Å². The smallest absolute Gasteiger partial charge is 0.169 e. The van der Waals surface area contributed by atoms with Crippen LogP contribution in [0.1, 0.15) is 44.9 Å². The van der Waals surface area contributed by atoms with Crippen LogP contribution in [0, 0.1) is 5.92 Å². The molecule has 0 aromatic heterocycles. The minimum Gasteiger partial charge on any atom is -0.388 e. The third-order valence-corrected chi connectivity index (χ3v) is 7.32. The molecule has 3 unspecified atom stereocenters. The number of aliphatic hydroxyl groups excluding tert-OH is 1. The van der Waals surface area contributed by atoms with Crippen LogP contribution in [0.25, 0.3) is 0 Å². The first kappa shape index (κ1) is 20.8. The Bertz CT molecular complexity index is 983. The van der Waals surface area contributed by atoms with Gasteiger partial charge in [0.2, 0.25) is 0 Å². The van der Waals surface area contributed by atoms with Gasteiger partial charge in [0.05, 0.1) is 12.1 Å². The molecular weight excluding hydrogens is 423 g/mol. The fourth-order valence-electron chi connectivity index (χ4n) is 4.25. The minimum absolute atomic E-state index is 0.0444. The van der Waals surface area contributed by atoms with Crippen molar-refractivity contribution in [2.24, 2.45) is 10.9 Å². The number of thioether (sulfide) groups is 1. The molecule has 3 atom stereocenters. The van der Waals surface area contributed by atoms with E-state index in [1.807, 2.05) is 31.2 Å². The number of aliphatic imine (C=N–C) groups is 1. The second-order valence-corrected chi connectivity index (χ2v) is 9.94. The molecule has 152 valence electrons. The van der Waals surface area contributed by atoms with E-state index in [2.05, 4.69) is 49.9 Å². The molecule has 2 aliphatic heterocycles. The normalized spacial score (nSPS) is 24.9. The summed E-state index contributed by atoms with van der Waals surface area (Å²) in [6.07, 6.45) is -0.529. The van der Waals surface area contributed by atoms with E-state index in [4.69, 9.17) is 28.2 Å². The standard InChI is InChI=1S/C23H24Cl2N2OS/c1-13(2)19-20(14(3)28)29-22-26-23(4,16-7-11-18(25)12-8-16)21(27(19)22)15-5-9-17(24)10-6-15/h5-14,21,28H,1-4H3. The maximum Gasteiger partial charge on any atom is 0.169 e. The number of allylic oxidation sites excluding steroid dienone is 1. The topological polar surface area (TPSA) is 35.8 Å². The maximum atomic E-state index is 10.4. The molecule has 2 aromatic carbocycles. The number of nitrogens with zero attached hydrogens (tertiary/aromatic N) is 2. The van der Waals surface area contributed by atoms with Crippen molar-refractivity contribution < 1.29 is 5.11 Å². The number of amidine groups is 1. The summed E-state index contributed by atoms with van der Waals surface area (Å²) in [5, 5.41) is 12.8. The first-order valence-electron chi connectivity index (χ1n) is 9.73. The summed E-state index contributed by atoms with van der Waals surface area (Å²) >= 11 is 13.9. The zero-order valence-electron chi connectivity index (χ0n) is 16.9. The lowest BCUT2D eigenvalue weighted by Crippen LogP contribution is -2.36. The summed E-state index contributed by atoms with van der Waals surface area (Å²) in [7, 11) is 0. The number of benzene rings is 2. The van der Waals surface area contributed by atoms with Gasteiger partial charge < -0.3 is 10.0 Å². The minimum atomic E-state index is -0.529. The Morgan fingerprint density at radius 2 is 1.55 bits per heavy atom. The molecule has 0 fully saturated rings. The predicted molar refractivity (Wildman–Crippen MR) is 123 cm³/mol. The number of hydrogen-bond acceptors (Lipinski definition) is 4. The lowest BCUT2D eigenvalue weighted by molar-refractivity contribution is 0.228. The lowest BCUT2D eigenvalue weighted by Gasteiger charge is -2.37. The van der Waals surface area contributed by atoms with Crippen LogP contribution in [0.5, 0.6) is 0 Å². The molecule has 6 heteroatoms. The number of rotatable bonds is 4. The average Bonchev–Trinajstić information content (AvgIpc) is 3.16. The Morgan fingerprint density at radius 1 is 1.00 bits per heavy atom. The Morgan fingerprint density at radius 3 is 2.07 bits per heavy atom. The summed E-state index contributed by atoms with van der Waals surface area (Å²) in [6, 6.07) is 15.9. The zero-order valence-corrected chi connectivity index (χ0v) is 19.2. The van der Waals surface area contributed by atoms with Crippen molar-refractivity contribution in [3.63, 3.8) is 0 Å². The molecule has 2 aromatic rings. The summed E-state index contributed by atoms with van der Waals surface area (Å²) < 4.78 is 0. The van der Waals surface area contributed by atoms with E-state index >= 15 is 0 Å². The molecule has 0 radical (unpaired) electrons. The van der Waals surface area contributed by atoms with E-state index in [-0.39, 0.29) is 12.0 Å². The molecular formula is C23H24Cl2N2OS. The highest BCUT2D eigenvalue weighted by molar-refractivity contribution is 8.17. The Labute approximate surface area is 186 Å². The molecule has 0 aliphatic carbocycles. The van der Waals surface area contributed by atoms with Crippen LogP contribution in [-0.2, 0) is 5.54 Å². The van der Waals surface area contributed by atoms with Gasteiger partial charge in [0, 0.05) is 20.6 Å². The molecule has 0 saturated carbocycles. The van der Waals surface area contributed by atoms with Crippen LogP contribution in [0.4, 0.5) is 0 Å². The van der Waals surface area contributed by atoms with E-state index in [1.165, 1.54) is 0 Å². The van der Waals surface area contributed by atoms with Gasteiger partial charge in [-0.05, 0) is 55.2 Å². The van der Waals surface area contributed by atoms with Crippen molar-refractivity contribution >= 4 is 40.1 Å². The van der Waals surface area contributed by atoms with Gasteiger partial charge in [-0.1, -0.05) is 73.1 Å². The fourth-order valence-corrected chi connectivity index (χ4v) is 5.84. The van der Waals surface area contributed by atoms with Crippen LogP contribution in [0.2, 0.25) is 10.0 Å². The quantitative estimate of drug-likeness (QED) is 0.572. The highest BCUT2D eigenvalue weighted by atomic mass is 35.5. The van der Waals surface area contributed by atoms with Crippen molar-refractivity contribution in [3.05, 3.63) is 80.3 Å². The number of fused-ring (bicyclic) bond motifs is 1. The molecule has 2 heterocycles. The van der Waals surface area contributed by atoms with Gasteiger partial charge in [0.1, 0.15) is 5.54 Å². The van der Waals surface area contributed by atoms with Gasteiger partial charge in [0.15, 0.2) is 5.17 Å². The summed E-state index contributed by atoms with van der Waals surface area (Å²) in [5.74, 6) is 0.252. The molecule has 2 aliphatic rings. The second-order valence-electron chi connectivity index (χ2n) is 8.06. The van der Waals surface area contributed by atoms with Crippen LogP contribution < -0.4 is 0 Å². The monoisotopic (exact) mass is 446 g/mol. The molecule has 0 bridgehead atoms. The van der Waals surface area contributed by atoms with Crippen LogP contribution in [0.3, 0.4) is 0 Å². The fraction of sp³-hybridized carbons (Fsp3) is 0.348. The Hall–Kier alpha value is -1.46. The van der Waals surface area contributed by atoms with Crippen molar-refractivity contribution in [2.75, 3.05) is 0 Å². The van der Waals surface area contributed by atoms with E-state index in [0.717, 1.165) is 26.9 Å². The number of aliphatic hydroxyl groups is 1. The molecule has 1 N–H and O–H groups in total. The van der Waals surface area contributed by atoms with Crippen LogP contribution in [0.15, 0.2) is 64.1 Å². The number of halogens is 2. The zero-order chi connectivity index (χ0) is 20.9. The Kier molecular flexibility index (Phi) is 5.49. The molecule has 3 nitrogen and oxygen atoms in total. The van der Waals surface area contributed by atoms with E-state index < -0.39 is 11.6 Å². The van der Waals surface area contributed by atoms with Crippen molar-refractivity contribution in [1.82, 2.24) is 4.90 Å². The summed E-state index contributed by atoms with van der Waals surface area (Å²) in [6.45, 7) is 8.32. The molecule has 0 amide bonds.